The van der Waals surface area contributed by atoms with Gasteiger partial charge in [-0.25, -0.2) is 4.79 Å². The van der Waals surface area contributed by atoms with E-state index in [4.69, 9.17) is 0 Å². The molecule has 1 aromatic carbocycles. The van der Waals surface area contributed by atoms with E-state index in [-0.39, 0.29) is 11.2 Å². The third-order valence-electron chi connectivity index (χ3n) is 3.65. The van der Waals surface area contributed by atoms with Gasteiger partial charge in [0.1, 0.15) is 5.56 Å². The van der Waals surface area contributed by atoms with E-state index in [2.05, 4.69) is 15.2 Å². The van der Waals surface area contributed by atoms with Crippen molar-refractivity contribution in [3.8, 4) is 0 Å². The number of aryl methyl sites for hydroxylation is 1. The van der Waals surface area contributed by atoms with E-state index in [0.717, 1.165) is 7.11 Å². The Balaban J connectivity index is 2.24. The maximum absolute atomic E-state index is 13.2. The minimum atomic E-state index is -5.25. The van der Waals surface area contributed by atoms with Crippen molar-refractivity contribution in [1.29, 1.82) is 0 Å². The van der Waals surface area contributed by atoms with Crippen LogP contribution >= 0.6 is 0 Å². The van der Waals surface area contributed by atoms with Crippen molar-refractivity contribution in [3.05, 3.63) is 46.8 Å². The highest BCUT2D eigenvalue weighted by atomic mass is 19.4. The zero-order valence-electron chi connectivity index (χ0n) is 14.9. The first kappa shape index (κ1) is 22.0. The second-order valence-corrected chi connectivity index (χ2v) is 5.69. The first-order chi connectivity index (χ1) is 13.3. The van der Waals surface area contributed by atoms with Crippen molar-refractivity contribution < 1.29 is 40.7 Å². The van der Waals surface area contributed by atoms with Crippen molar-refractivity contribution in [2.75, 3.05) is 12.4 Å². The molecule has 0 spiro atoms. The van der Waals surface area contributed by atoms with E-state index in [1.54, 1.807) is 0 Å². The van der Waals surface area contributed by atoms with Crippen LogP contribution in [0, 0.1) is 0 Å². The Hall–Kier alpha value is -3.25. The number of rotatable bonds is 4. The number of halogens is 6. The zero-order chi connectivity index (χ0) is 22.0. The number of methoxy groups -OCH3 is 1. The Kier molecular flexibility index (Phi) is 6.09. The molecule has 13 heteroatoms. The standard InChI is InChI=1S/C16H14F6N4O3/c1-26-12(16(20,21)22)10(11(25-26)15(17,18)19)13(27)23-7-8-3-5-9(6-4-8)24-14(28)29-2/h3-6H,7H2,1-2H3,(H,23,27)(H,24,28). The summed E-state index contributed by atoms with van der Waals surface area (Å²) in [6.45, 7) is -0.360. The van der Waals surface area contributed by atoms with Crippen molar-refractivity contribution in [2.45, 2.75) is 18.9 Å². The molecular weight excluding hydrogens is 410 g/mol. The molecule has 2 rings (SSSR count). The number of nitrogens with zero attached hydrogens (tertiary/aromatic N) is 2. The Labute approximate surface area is 159 Å². The number of benzene rings is 1. The Bertz CT molecular complexity index is 903. The monoisotopic (exact) mass is 424 g/mol. The first-order valence-electron chi connectivity index (χ1n) is 7.78. The average Bonchev–Trinajstić information content (AvgIpc) is 2.98. The number of aromatic nitrogens is 2. The van der Waals surface area contributed by atoms with E-state index >= 15 is 0 Å². The van der Waals surface area contributed by atoms with Crippen molar-refractivity contribution in [3.63, 3.8) is 0 Å². The molecule has 0 fully saturated rings. The number of ether oxygens (including phenoxy) is 1. The van der Waals surface area contributed by atoms with E-state index < -0.39 is 41.3 Å². The third kappa shape index (κ3) is 5.18. The molecule has 7 nitrogen and oxygen atoms in total. The fourth-order valence-corrected chi connectivity index (χ4v) is 2.41. The van der Waals surface area contributed by atoms with Gasteiger partial charge in [0.2, 0.25) is 0 Å². The topological polar surface area (TPSA) is 85.2 Å². The predicted octanol–water partition coefficient (Wildman–Crippen LogP) is 3.57. The number of carbonyl (C=O) groups is 2. The molecule has 2 aromatic rings. The van der Waals surface area contributed by atoms with Crippen LogP contribution in [0.2, 0.25) is 0 Å². The lowest BCUT2D eigenvalue weighted by molar-refractivity contribution is -0.144. The van der Waals surface area contributed by atoms with Crippen LogP contribution in [0.3, 0.4) is 0 Å². The molecular formula is C16H14F6N4O3. The summed E-state index contributed by atoms with van der Waals surface area (Å²) >= 11 is 0. The predicted molar refractivity (Wildman–Crippen MR) is 86.9 cm³/mol. The van der Waals surface area contributed by atoms with Crippen LogP contribution in [0.1, 0.15) is 27.3 Å². The molecule has 1 aromatic heterocycles. The normalized spacial score (nSPS) is 11.9. The summed E-state index contributed by atoms with van der Waals surface area (Å²) in [5, 5.41) is 7.20. The van der Waals surface area contributed by atoms with Crippen LogP contribution in [0.15, 0.2) is 24.3 Å². The zero-order valence-corrected chi connectivity index (χ0v) is 14.9. The van der Waals surface area contributed by atoms with E-state index in [1.807, 2.05) is 5.32 Å². The van der Waals surface area contributed by atoms with E-state index in [0.29, 0.717) is 18.3 Å². The number of alkyl halides is 6. The molecule has 0 bridgehead atoms. The number of anilines is 1. The Morgan fingerprint density at radius 1 is 1.07 bits per heavy atom. The van der Waals surface area contributed by atoms with Gasteiger partial charge in [-0.15, -0.1) is 0 Å². The molecule has 2 amide bonds. The molecule has 0 unspecified atom stereocenters. The molecule has 0 aliphatic carbocycles. The van der Waals surface area contributed by atoms with Gasteiger partial charge in [0.05, 0.1) is 7.11 Å². The van der Waals surface area contributed by atoms with Crippen molar-refractivity contribution in [1.82, 2.24) is 15.1 Å². The number of carbonyl (C=O) groups excluding carboxylic acids is 2. The van der Waals surface area contributed by atoms with Crippen LogP contribution in [0.25, 0.3) is 0 Å². The maximum atomic E-state index is 13.2. The molecule has 0 atom stereocenters. The van der Waals surface area contributed by atoms with Gasteiger partial charge in [0.25, 0.3) is 5.91 Å². The highest BCUT2D eigenvalue weighted by Gasteiger charge is 2.48. The molecule has 158 valence electrons. The molecule has 0 aliphatic rings. The summed E-state index contributed by atoms with van der Waals surface area (Å²) in [6.07, 6.45) is -11.2. The van der Waals surface area contributed by atoms with Gasteiger partial charge in [0, 0.05) is 19.3 Å². The smallest absolute Gasteiger partial charge is 0.435 e. The number of hydrogen-bond acceptors (Lipinski definition) is 4. The van der Waals surface area contributed by atoms with Gasteiger partial charge in [0.15, 0.2) is 11.4 Å². The highest BCUT2D eigenvalue weighted by Crippen LogP contribution is 2.38. The van der Waals surface area contributed by atoms with Crippen LogP contribution in [0.4, 0.5) is 36.8 Å². The second kappa shape index (κ2) is 8.01. The minimum absolute atomic E-state index is 0.0228. The lowest BCUT2D eigenvalue weighted by atomic mass is 10.1. The summed E-state index contributed by atoms with van der Waals surface area (Å²) in [5.41, 5.74) is -4.64. The van der Waals surface area contributed by atoms with Crippen LogP contribution in [-0.4, -0.2) is 28.9 Å². The maximum Gasteiger partial charge on any atom is 0.435 e. The van der Waals surface area contributed by atoms with Crippen LogP contribution < -0.4 is 10.6 Å². The average molecular weight is 424 g/mol. The van der Waals surface area contributed by atoms with Gasteiger partial charge in [-0.05, 0) is 17.7 Å². The molecule has 29 heavy (non-hydrogen) atoms. The lowest BCUT2D eigenvalue weighted by Gasteiger charge is -2.12. The molecule has 1 heterocycles. The van der Waals surface area contributed by atoms with E-state index in [1.165, 1.54) is 24.3 Å². The lowest BCUT2D eigenvalue weighted by Crippen LogP contribution is -2.28. The van der Waals surface area contributed by atoms with Crippen LogP contribution in [-0.2, 0) is 30.7 Å². The first-order valence-corrected chi connectivity index (χ1v) is 7.78. The SMILES string of the molecule is COC(=O)Nc1ccc(CNC(=O)c2c(C(F)(F)F)nn(C)c2C(F)(F)F)cc1. The molecule has 0 radical (unpaired) electrons. The summed E-state index contributed by atoms with van der Waals surface area (Å²) in [4.78, 5) is 23.3. The largest absolute Gasteiger partial charge is 0.453 e. The van der Waals surface area contributed by atoms with Gasteiger partial charge < -0.3 is 10.1 Å². The van der Waals surface area contributed by atoms with E-state index in [9.17, 15) is 35.9 Å². The fourth-order valence-electron chi connectivity index (χ4n) is 2.41. The van der Waals surface area contributed by atoms with Gasteiger partial charge in [-0.3, -0.25) is 14.8 Å². The Morgan fingerprint density at radius 3 is 2.14 bits per heavy atom. The summed E-state index contributed by atoms with van der Waals surface area (Å²) < 4.78 is 83.0. The Morgan fingerprint density at radius 2 is 1.66 bits per heavy atom. The molecule has 0 saturated heterocycles. The number of nitrogens with one attached hydrogen (secondary N) is 2. The number of hydrogen-bond donors (Lipinski definition) is 2. The summed E-state index contributed by atoms with van der Waals surface area (Å²) in [6, 6.07) is 5.63. The molecule has 2 N–H and O–H groups in total. The van der Waals surface area contributed by atoms with Crippen molar-refractivity contribution >= 4 is 17.7 Å². The number of amides is 2. The van der Waals surface area contributed by atoms with Crippen LogP contribution in [0.5, 0.6) is 0 Å². The van der Waals surface area contributed by atoms with Crippen molar-refractivity contribution in [2.24, 2.45) is 7.05 Å². The quantitative estimate of drug-likeness (QED) is 0.735. The molecule has 0 aliphatic heterocycles. The van der Waals surface area contributed by atoms with Gasteiger partial charge in [-0.2, -0.15) is 31.4 Å². The van der Waals surface area contributed by atoms with Gasteiger partial charge in [-0.1, -0.05) is 12.1 Å². The minimum Gasteiger partial charge on any atom is -0.453 e. The third-order valence-corrected chi connectivity index (χ3v) is 3.65. The van der Waals surface area contributed by atoms with Gasteiger partial charge >= 0.3 is 18.4 Å². The highest BCUT2D eigenvalue weighted by molar-refractivity contribution is 5.97. The fraction of sp³-hybridized carbons (Fsp3) is 0.312. The molecule has 0 saturated carbocycles. The summed E-state index contributed by atoms with van der Waals surface area (Å²) in [7, 11) is 1.82. The summed E-state index contributed by atoms with van der Waals surface area (Å²) in [5.74, 6) is -1.57. The second-order valence-electron chi connectivity index (χ2n) is 5.69.